The van der Waals surface area contributed by atoms with E-state index in [2.05, 4.69) is 31.5 Å². The fourth-order valence-corrected chi connectivity index (χ4v) is 4.01. The molecule has 2 aromatic carbocycles. The number of para-hydroxylation sites is 1. The first-order valence-electron chi connectivity index (χ1n) is 9.67. The molecule has 1 amide bonds. The second-order valence-electron chi connectivity index (χ2n) is 7.17. The highest BCUT2D eigenvalue weighted by molar-refractivity contribution is 6.14. The normalized spacial score (nSPS) is 14.5. The van der Waals surface area contributed by atoms with E-state index in [1.54, 1.807) is 0 Å². The molecule has 0 saturated carbocycles. The summed E-state index contributed by atoms with van der Waals surface area (Å²) in [6.45, 7) is 2.14. The van der Waals surface area contributed by atoms with Crippen molar-refractivity contribution in [1.82, 2.24) is 15.2 Å². The molecule has 0 unspecified atom stereocenters. The number of carbonyl (C=O) groups excluding carboxylic acids is 1. The van der Waals surface area contributed by atoms with Gasteiger partial charge in [-0.2, -0.15) is 5.10 Å². The summed E-state index contributed by atoms with van der Waals surface area (Å²) < 4.78 is 0. The van der Waals surface area contributed by atoms with Crippen LogP contribution in [0.3, 0.4) is 0 Å². The highest BCUT2D eigenvalue weighted by atomic mass is 16.1. The zero-order chi connectivity index (χ0) is 18.9. The van der Waals surface area contributed by atoms with Crippen molar-refractivity contribution in [3.8, 4) is 0 Å². The molecule has 4 aromatic rings. The Balaban J connectivity index is 1.52. The van der Waals surface area contributed by atoms with Crippen molar-refractivity contribution in [3.05, 3.63) is 60.6 Å². The second-order valence-corrected chi connectivity index (χ2v) is 7.17. The van der Waals surface area contributed by atoms with Crippen molar-refractivity contribution >= 4 is 39.0 Å². The van der Waals surface area contributed by atoms with Crippen molar-refractivity contribution < 1.29 is 4.79 Å². The van der Waals surface area contributed by atoms with Gasteiger partial charge in [0.05, 0.1) is 11.2 Å². The summed E-state index contributed by atoms with van der Waals surface area (Å²) in [4.78, 5) is 19.6. The Morgan fingerprint density at radius 1 is 0.964 bits per heavy atom. The second kappa shape index (κ2) is 6.96. The maximum Gasteiger partial charge on any atom is 0.276 e. The summed E-state index contributed by atoms with van der Waals surface area (Å²) in [5.41, 5.74) is 3.20. The number of amides is 1. The van der Waals surface area contributed by atoms with E-state index in [9.17, 15) is 4.79 Å². The maximum atomic E-state index is 12.9. The number of aromatic nitrogens is 3. The van der Waals surface area contributed by atoms with Gasteiger partial charge in [0, 0.05) is 47.3 Å². The molecule has 1 saturated heterocycles. The van der Waals surface area contributed by atoms with Crippen molar-refractivity contribution in [2.75, 3.05) is 23.3 Å². The Morgan fingerprint density at radius 2 is 1.82 bits per heavy atom. The van der Waals surface area contributed by atoms with Crippen LogP contribution in [0.4, 0.5) is 11.4 Å². The molecule has 0 radical (unpaired) electrons. The van der Waals surface area contributed by atoms with Crippen molar-refractivity contribution in [2.45, 2.75) is 19.3 Å². The van der Waals surface area contributed by atoms with Gasteiger partial charge >= 0.3 is 0 Å². The van der Waals surface area contributed by atoms with Crippen LogP contribution in [-0.2, 0) is 0 Å². The Morgan fingerprint density at radius 3 is 2.71 bits per heavy atom. The van der Waals surface area contributed by atoms with Crippen LogP contribution in [0.15, 0.2) is 54.9 Å². The molecule has 0 spiro atoms. The van der Waals surface area contributed by atoms with E-state index in [-0.39, 0.29) is 5.91 Å². The van der Waals surface area contributed by atoms with Gasteiger partial charge in [-0.05, 0) is 43.5 Å². The minimum absolute atomic E-state index is 0.228. The SMILES string of the molecule is O=C(Nc1ccc(N2CCCCC2)c2ccncc12)c1n[nH]c2ccccc12. The monoisotopic (exact) mass is 371 g/mol. The third-order valence-electron chi connectivity index (χ3n) is 5.43. The average Bonchev–Trinajstić information content (AvgIpc) is 3.19. The van der Waals surface area contributed by atoms with E-state index in [4.69, 9.17) is 0 Å². The van der Waals surface area contributed by atoms with Gasteiger partial charge in [0.25, 0.3) is 5.91 Å². The number of H-pyrrole nitrogens is 1. The number of fused-ring (bicyclic) bond motifs is 2. The molecule has 5 rings (SSSR count). The number of rotatable bonds is 3. The van der Waals surface area contributed by atoms with Gasteiger partial charge in [0.15, 0.2) is 5.69 Å². The summed E-state index contributed by atoms with van der Waals surface area (Å²) in [5.74, 6) is -0.228. The molecule has 1 aliphatic heterocycles. The van der Waals surface area contributed by atoms with Gasteiger partial charge in [-0.15, -0.1) is 0 Å². The quantitative estimate of drug-likeness (QED) is 0.561. The van der Waals surface area contributed by atoms with Gasteiger partial charge in [-0.25, -0.2) is 0 Å². The van der Waals surface area contributed by atoms with Crippen LogP contribution >= 0.6 is 0 Å². The van der Waals surface area contributed by atoms with Crippen LogP contribution in [0.1, 0.15) is 29.8 Å². The number of aromatic amines is 1. The minimum Gasteiger partial charge on any atom is -0.371 e. The molecule has 28 heavy (non-hydrogen) atoms. The first-order valence-corrected chi connectivity index (χ1v) is 9.67. The molecule has 2 N–H and O–H groups in total. The number of anilines is 2. The standard InChI is InChI=1S/C22H21N5O/c28-22(21-16-6-2-3-7-19(16)25-26-21)24-18-8-9-20(27-12-4-1-5-13-27)15-10-11-23-14-17(15)18/h2-3,6-11,14H,1,4-5,12-13H2,(H,24,28)(H,25,26). The lowest BCUT2D eigenvalue weighted by molar-refractivity contribution is 0.102. The van der Waals surface area contributed by atoms with Crippen LogP contribution in [-0.4, -0.2) is 34.2 Å². The third-order valence-corrected chi connectivity index (χ3v) is 5.43. The molecule has 0 atom stereocenters. The molecule has 140 valence electrons. The number of hydrogen-bond donors (Lipinski definition) is 2. The Bertz CT molecular complexity index is 1160. The lowest BCUT2D eigenvalue weighted by Gasteiger charge is -2.30. The number of hydrogen-bond acceptors (Lipinski definition) is 4. The minimum atomic E-state index is -0.228. The van der Waals surface area contributed by atoms with Gasteiger partial charge in [-0.1, -0.05) is 18.2 Å². The number of pyridine rings is 1. The average molecular weight is 371 g/mol. The van der Waals surface area contributed by atoms with Crippen molar-refractivity contribution in [1.29, 1.82) is 0 Å². The zero-order valence-corrected chi connectivity index (χ0v) is 15.5. The Labute approximate surface area is 162 Å². The summed E-state index contributed by atoms with van der Waals surface area (Å²) in [5, 5.41) is 13.0. The van der Waals surface area contributed by atoms with Crippen molar-refractivity contribution in [3.63, 3.8) is 0 Å². The fraction of sp³-hybridized carbons (Fsp3) is 0.227. The van der Waals surface area contributed by atoms with Crippen LogP contribution in [0.25, 0.3) is 21.7 Å². The summed E-state index contributed by atoms with van der Waals surface area (Å²) >= 11 is 0. The largest absolute Gasteiger partial charge is 0.371 e. The topological polar surface area (TPSA) is 73.9 Å². The third kappa shape index (κ3) is 2.87. The highest BCUT2D eigenvalue weighted by Crippen LogP contribution is 2.33. The summed E-state index contributed by atoms with van der Waals surface area (Å²) in [6.07, 6.45) is 7.36. The molecule has 1 fully saturated rings. The van der Waals surface area contributed by atoms with E-state index in [0.717, 1.165) is 40.5 Å². The highest BCUT2D eigenvalue weighted by Gasteiger charge is 2.18. The predicted molar refractivity (Wildman–Crippen MR) is 112 cm³/mol. The first kappa shape index (κ1) is 16.7. The van der Waals surface area contributed by atoms with E-state index in [1.165, 1.54) is 24.9 Å². The number of benzene rings is 2. The van der Waals surface area contributed by atoms with Crippen LogP contribution < -0.4 is 10.2 Å². The van der Waals surface area contributed by atoms with Gasteiger partial charge in [0.1, 0.15) is 0 Å². The molecular formula is C22H21N5O. The zero-order valence-electron chi connectivity index (χ0n) is 15.5. The molecule has 0 bridgehead atoms. The molecule has 1 aliphatic rings. The van der Waals surface area contributed by atoms with E-state index >= 15 is 0 Å². The number of nitrogens with zero attached hydrogens (tertiary/aromatic N) is 3. The van der Waals surface area contributed by atoms with Crippen molar-refractivity contribution in [2.24, 2.45) is 0 Å². The molecule has 6 heteroatoms. The Kier molecular flexibility index (Phi) is 4.16. The van der Waals surface area contributed by atoms with Crippen LogP contribution in [0.5, 0.6) is 0 Å². The Hall–Kier alpha value is -3.41. The van der Waals surface area contributed by atoms with E-state index in [0.29, 0.717) is 5.69 Å². The molecular weight excluding hydrogens is 350 g/mol. The molecule has 3 heterocycles. The fourth-order valence-electron chi connectivity index (χ4n) is 4.01. The van der Waals surface area contributed by atoms with Crippen LogP contribution in [0.2, 0.25) is 0 Å². The molecule has 6 nitrogen and oxygen atoms in total. The maximum absolute atomic E-state index is 12.9. The van der Waals surface area contributed by atoms with Crippen LogP contribution in [0, 0.1) is 0 Å². The number of piperidine rings is 1. The molecule has 0 aliphatic carbocycles. The van der Waals surface area contributed by atoms with Gasteiger partial charge in [-0.3, -0.25) is 14.9 Å². The summed E-state index contributed by atoms with van der Waals surface area (Å²) in [6, 6.07) is 13.7. The van der Waals surface area contributed by atoms with E-state index in [1.807, 2.05) is 48.8 Å². The lowest BCUT2D eigenvalue weighted by atomic mass is 10.0. The summed E-state index contributed by atoms with van der Waals surface area (Å²) in [7, 11) is 0. The molecule has 2 aromatic heterocycles. The number of carbonyl (C=O) groups is 1. The lowest BCUT2D eigenvalue weighted by Crippen LogP contribution is -2.29. The van der Waals surface area contributed by atoms with E-state index < -0.39 is 0 Å². The number of nitrogens with one attached hydrogen (secondary N) is 2. The van der Waals surface area contributed by atoms with Gasteiger partial charge < -0.3 is 10.2 Å². The predicted octanol–water partition coefficient (Wildman–Crippen LogP) is 4.35. The van der Waals surface area contributed by atoms with Gasteiger partial charge in [0.2, 0.25) is 0 Å². The smallest absolute Gasteiger partial charge is 0.276 e. The first-order chi connectivity index (χ1) is 13.8.